The van der Waals surface area contributed by atoms with Gasteiger partial charge in [-0.25, -0.2) is 13.9 Å². The largest absolute Gasteiger partial charge is 0.277 e. The molecule has 24 heavy (non-hydrogen) atoms. The fraction of sp³-hybridized carbons (Fsp3) is 0.353. The van der Waals surface area contributed by atoms with E-state index in [2.05, 4.69) is 10.3 Å². The van der Waals surface area contributed by atoms with Gasteiger partial charge in [0.1, 0.15) is 0 Å². The van der Waals surface area contributed by atoms with Crippen molar-refractivity contribution in [1.29, 1.82) is 0 Å². The normalized spacial score (nSPS) is 17.0. The minimum Gasteiger partial charge on any atom is -0.277 e. The molecule has 2 aromatic rings. The van der Waals surface area contributed by atoms with E-state index in [9.17, 15) is 13.2 Å². The number of nitrogens with zero attached hydrogens (tertiary/aromatic N) is 1. The van der Waals surface area contributed by atoms with Gasteiger partial charge in [0, 0.05) is 19.0 Å². The maximum Gasteiger partial charge on any atom is 0.246 e. The predicted molar refractivity (Wildman–Crippen MR) is 90.6 cm³/mol. The number of carbonyl (C=O) groups is 1. The molecular weight excluding hydrogens is 328 g/mol. The van der Waals surface area contributed by atoms with Crippen LogP contribution in [0.4, 0.5) is 0 Å². The zero-order valence-corrected chi connectivity index (χ0v) is 14.3. The van der Waals surface area contributed by atoms with Crippen molar-refractivity contribution in [2.24, 2.45) is 5.92 Å². The molecule has 3 rings (SSSR count). The molecule has 0 bridgehead atoms. The lowest BCUT2D eigenvalue weighted by Gasteiger charge is -2.30. The van der Waals surface area contributed by atoms with Gasteiger partial charge in [-0.2, -0.15) is 4.31 Å². The van der Waals surface area contributed by atoms with Gasteiger partial charge in [-0.15, -0.1) is 0 Å². The average Bonchev–Trinajstić information content (AvgIpc) is 2.61. The van der Waals surface area contributed by atoms with Gasteiger partial charge < -0.3 is 0 Å². The number of carbonyl (C=O) groups excluding carboxylic acids is 1. The maximum atomic E-state index is 12.8. The first-order valence-corrected chi connectivity index (χ1v) is 9.28. The molecule has 0 unspecified atom stereocenters. The van der Waals surface area contributed by atoms with Crippen molar-refractivity contribution in [3.05, 3.63) is 42.5 Å². The molecular formula is C17H20N2O4S. The number of amides is 1. The van der Waals surface area contributed by atoms with Crippen molar-refractivity contribution in [2.45, 2.75) is 17.7 Å². The predicted octanol–water partition coefficient (Wildman–Crippen LogP) is 1.92. The van der Waals surface area contributed by atoms with E-state index in [-0.39, 0.29) is 11.8 Å². The van der Waals surface area contributed by atoms with Crippen LogP contribution in [0.2, 0.25) is 0 Å². The first kappa shape index (κ1) is 16.9. The number of hydrogen-bond acceptors (Lipinski definition) is 4. The summed E-state index contributed by atoms with van der Waals surface area (Å²) in [7, 11) is -2.16. The maximum absolute atomic E-state index is 12.8. The Morgan fingerprint density at radius 2 is 1.79 bits per heavy atom. The Morgan fingerprint density at radius 1 is 1.12 bits per heavy atom. The quantitative estimate of drug-likeness (QED) is 0.857. The Kier molecular flexibility index (Phi) is 4.84. The summed E-state index contributed by atoms with van der Waals surface area (Å²) in [4.78, 5) is 16.7. The van der Waals surface area contributed by atoms with Crippen LogP contribution in [0.3, 0.4) is 0 Å². The van der Waals surface area contributed by atoms with E-state index >= 15 is 0 Å². The minimum absolute atomic E-state index is 0.194. The van der Waals surface area contributed by atoms with Crippen LogP contribution in [0, 0.1) is 5.92 Å². The lowest BCUT2D eigenvalue weighted by molar-refractivity contribution is -0.136. The molecule has 0 atom stereocenters. The van der Waals surface area contributed by atoms with Crippen molar-refractivity contribution in [3.63, 3.8) is 0 Å². The standard InChI is InChI=1S/C17H20N2O4S/c1-23-18-17(20)14-8-10-19(11-9-14)24(21,22)16-7-6-13-4-2-3-5-15(13)12-16/h2-7,12,14H,8-11H2,1H3,(H,18,20). The van der Waals surface area contributed by atoms with E-state index in [0.29, 0.717) is 30.8 Å². The van der Waals surface area contributed by atoms with E-state index in [4.69, 9.17) is 0 Å². The number of piperidine rings is 1. The molecule has 0 spiro atoms. The van der Waals surface area contributed by atoms with Crippen molar-refractivity contribution in [1.82, 2.24) is 9.79 Å². The van der Waals surface area contributed by atoms with Gasteiger partial charge in [-0.3, -0.25) is 9.63 Å². The molecule has 128 valence electrons. The highest BCUT2D eigenvalue weighted by Crippen LogP contribution is 2.26. The van der Waals surface area contributed by atoms with E-state index in [1.54, 1.807) is 12.1 Å². The topological polar surface area (TPSA) is 75.7 Å². The molecule has 0 aromatic heterocycles. The number of sulfonamides is 1. The number of benzene rings is 2. The second kappa shape index (κ2) is 6.88. The first-order valence-electron chi connectivity index (χ1n) is 7.84. The average molecular weight is 348 g/mol. The molecule has 1 heterocycles. The molecule has 1 fully saturated rings. The smallest absolute Gasteiger partial charge is 0.246 e. The third-order valence-corrected chi connectivity index (χ3v) is 6.28. The van der Waals surface area contributed by atoms with Crippen LogP contribution in [-0.4, -0.2) is 38.8 Å². The summed E-state index contributed by atoms with van der Waals surface area (Å²) in [6, 6.07) is 12.8. The van der Waals surface area contributed by atoms with Gasteiger partial charge in [-0.05, 0) is 35.7 Å². The Morgan fingerprint density at radius 3 is 2.46 bits per heavy atom. The number of fused-ring (bicyclic) bond motifs is 1. The summed E-state index contributed by atoms with van der Waals surface area (Å²) in [5.74, 6) is -0.409. The van der Waals surface area contributed by atoms with Crippen LogP contribution in [-0.2, 0) is 19.7 Å². The Hall–Kier alpha value is -1.96. The number of hydrogen-bond donors (Lipinski definition) is 1. The first-order chi connectivity index (χ1) is 11.5. The lowest BCUT2D eigenvalue weighted by Crippen LogP contribution is -2.42. The van der Waals surface area contributed by atoms with Crippen LogP contribution >= 0.6 is 0 Å². The van der Waals surface area contributed by atoms with E-state index in [1.807, 2.05) is 30.3 Å². The highest BCUT2D eigenvalue weighted by Gasteiger charge is 2.32. The second-order valence-electron chi connectivity index (χ2n) is 5.86. The van der Waals surface area contributed by atoms with Crippen molar-refractivity contribution in [3.8, 4) is 0 Å². The van der Waals surface area contributed by atoms with Gasteiger partial charge >= 0.3 is 0 Å². The zero-order chi connectivity index (χ0) is 17.2. The van der Waals surface area contributed by atoms with Crippen LogP contribution in [0.25, 0.3) is 10.8 Å². The SMILES string of the molecule is CONC(=O)C1CCN(S(=O)(=O)c2ccc3ccccc3c2)CC1. The fourth-order valence-electron chi connectivity index (χ4n) is 3.02. The molecule has 6 nitrogen and oxygen atoms in total. The minimum atomic E-state index is -3.54. The summed E-state index contributed by atoms with van der Waals surface area (Å²) in [5.41, 5.74) is 2.31. The molecule has 0 radical (unpaired) electrons. The van der Waals surface area contributed by atoms with Gasteiger partial charge in [0.15, 0.2) is 0 Å². The van der Waals surface area contributed by atoms with Gasteiger partial charge in [0.25, 0.3) is 0 Å². The van der Waals surface area contributed by atoms with Crippen LogP contribution in [0.15, 0.2) is 47.4 Å². The van der Waals surface area contributed by atoms with Crippen molar-refractivity contribution in [2.75, 3.05) is 20.2 Å². The number of nitrogens with one attached hydrogen (secondary N) is 1. The van der Waals surface area contributed by atoms with Crippen molar-refractivity contribution >= 4 is 26.7 Å². The fourth-order valence-corrected chi connectivity index (χ4v) is 4.52. The molecule has 0 aliphatic carbocycles. The highest BCUT2D eigenvalue weighted by molar-refractivity contribution is 7.89. The number of rotatable bonds is 4. The zero-order valence-electron chi connectivity index (χ0n) is 13.4. The van der Waals surface area contributed by atoms with Gasteiger partial charge in [0.2, 0.25) is 15.9 Å². The third kappa shape index (κ3) is 3.28. The Balaban J connectivity index is 1.77. The molecule has 1 amide bonds. The third-order valence-electron chi connectivity index (χ3n) is 4.39. The molecule has 0 saturated carbocycles. The van der Waals surface area contributed by atoms with E-state index in [1.165, 1.54) is 11.4 Å². The van der Waals surface area contributed by atoms with Crippen LogP contribution < -0.4 is 5.48 Å². The highest BCUT2D eigenvalue weighted by atomic mass is 32.2. The molecule has 1 aliphatic heterocycles. The molecule has 1 aliphatic rings. The summed E-state index contributed by atoms with van der Waals surface area (Å²) >= 11 is 0. The summed E-state index contributed by atoms with van der Waals surface area (Å²) in [6.45, 7) is 0.661. The monoisotopic (exact) mass is 348 g/mol. The second-order valence-corrected chi connectivity index (χ2v) is 7.80. The summed E-state index contributed by atoms with van der Waals surface area (Å²) < 4.78 is 27.1. The summed E-state index contributed by atoms with van der Waals surface area (Å²) in [5, 5.41) is 1.90. The molecule has 1 N–H and O–H groups in total. The molecule has 2 aromatic carbocycles. The van der Waals surface area contributed by atoms with Gasteiger partial charge in [0.05, 0.1) is 12.0 Å². The molecule has 1 saturated heterocycles. The Bertz CT molecular complexity index is 843. The summed E-state index contributed by atoms with van der Waals surface area (Å²) in [6.07, 6.45) is 0.976. The van der Waals surface area contributed by atoms with Crippen LogP contribution in [0.1, 0.15) is 12.8 Å². The number of hydroxylamine groups is 1. The van der Waals surface area contributed by atoms with E-state index in [0.717, 1.165) is 10.8 Å². The molecule has 7 heteroatoms. The Labute approximate surface area is 141 Å². The van der Waals surface area contributed by atoms with E-state index < -0.39 is 10.0 Å². The van der Waals surface area contributed by atoms with Crippen LogP contribution in [0.5, 0.6) is 0 Å². The van der Waals surface area contributed by atoms with Crippen molar-refractivity contribution < 1.29 is 18.0 Å². The lowest BCUT2D eigenvalue weighted by atomic mass is 9.98. The van der Waals surface area contributed by atoms with Gasteiger partial charge in [-0.1, -0.05) is 30.3 Å².